The third-order valence-corrected chi connectivity index (χ3v) is 6.30. The van der Waals surface area contributed by atoms with E-state index in [0.29, 0.717) is 30.6 Å². The highest BCUT2D eigenvalue weighted by Crippen LogP contribution is 2.46. The van der Waals surface area contributed by atoms with Gasteiger partial charge in [0.1, 0.15) is 0 Å². The van der Waals surface area contributed by atoms with Crippen molar-refractivity contribution in [3.8, 4) is 6.07 Å². The van der Waals surface area contributed by atoms with Gasteiger partial charge >= 0.3 is 5.97 Å². The van der Waals surface area contributed by atoms with Crippen molar-refractivity contribution < 1.29 is 19.4 Å². The maximum absolute atomic E-state index is 13.5. The molecule has 1 unspecified atom stereocenters. The number of H-pyrrole nitrogens is 1. The molecular formula is C25H26N2O4. The van der Waals surface area contributed by atoms with Gasteiger partial charge in [0, 0.05) is 47.0 Å². The predicted octanol–water partition coefficient (Wildman–Crippen LogP) is 4.80. The van der Waals surface area contributed by atoms with E-state index in [-0.39, 0.29) is 23.7 Å². The maximum Gasteiger partial charge on any atom is 0.303 e. The Hall–Kier alpha value is -3.17. The van der Waals surface area contributed by atoms with E-state index in [9.17, 15) is 14.9 Å². The number of aromatic amines is 1. The molecule has 0 saturated carbocycles. The number of nitrogens with zero attached hydrogens (tertiary/aromatic N) is 1. The van der Waals surface area contributed by atoms with Gasteiger partial charge in [0.25, 0.3) is 0 Å². The molecule has 0 saturated heterocycles. The van der Waals surface area contributed by atoms with Gasteiger partial charge < -0.3 is 14.8 Å². The highest BCUT2D eigenvalue weighted by molar-refractivity contribution is 6.19. The molecule has 2 aliphatic rings. The van der Waals surface area contributed by atoms with Crippen LogP contribution in [0.3, 0.4) is 0 Å². The number of nitriles is 1. The molecule has 0 bridgehead atoms. The van der Waals surface area contributed by atoms with Crippen LogP contribution in [0.15, 0.2) is 41.5 Å². The van der Waals surface area contributed by atoms with E-state index in [1.165, 1.54) is 0 Å². The zero-order valence-electron chi connectivity index (χ0n) is 17.8. The monoisotopic (exact) mass is 418 g/mol. The van der Waals surface area contributed by atoms with Crippen LogP contribution in [0.2, 0.25) is 0 Å². The maximum atomic E-state index is 13.5. The molecule has 1 heterocycles. The number of benzene rings is 1. The molecule has 6 nitrogen and oxygen atoms in total. The lowest BCUT2D eigenvalue weighted by Gasteiger charge is -2.36. The lowest BCUT2D eigenvalue weighted by Crippen LogP contribution is -2.33. The molecule has 0 radical (unpaired) electrons. The van der Waals surface area contributed by atoms with Crippen molar-refractivity contribution in [2.75, 3.05) is 6.61 Å². The fourth-order valence-electron chi connectivity index (χ4n) is 4.65. The molecule has 2 aliphatic carbocycles. The number of hydrogen-bond donors (Lipinski definition) is 2. The fraction of sp³-hybridized carbons (Fsp3) is 0.400. The van der Waals surface area contributed by atoms with Crippen molar-refractivity contribution in [1.29, 1.82) is 5.26 Å². The first-order valence-electron chi connectivity index (χ1n) is 10.7. The summed E-state index contributed by atoms with van der Waals surface area (Å²) in [5.41, 5.74) is 4.41. The number of carbonyl (C=O) groups excluding carboxylic acids is 1. The van der Waals surface area contributed by atoms with Crippen LogP contribution in [0.5, 0.6) is 0 Å². The number of aromatic nitrogens is 1. The fourth-order valence-corrected chi connectivity index (χ4v) is 4.65. The second-order valence-electron chi connectivity index (χ2n) is 8.77. The Balaban J connectivity index is 1.52. The van der Waals surface area contributed by atoms with Crippen LogP contribution in [-0.4, -0.2) is 34.6 Å². The second kappa shape index (κ2) is 8.16. The van der Waals surface area contributed by atoms with Gasteiger partial charge in [0.05, 0.1) is 23.3 Å². The van der Waals surface area contributed by atoms with Gasteiger partial charge in [0.2, 0.25) is 0 Å². The number of aliphatic carboxylic acids is 1. The molecule has 1 aromatic heterocycles. The zero-order valence-corrected chi connectivity index (χ0v) is 17.8. The van der Waals surface area contributed by atoms with Crippen molar-refractivity contribution in [3.63, 3.8) is 0 Å². The van der Waals surface area contributed by atoms with E-state index >= 15 is 0 Å². The molecule has 160 valence electrons. The highest BCUT2D eigenvalue weighted by Gasteiger charge is 2.42. The van der Waals surface area contributed by atoms with Gasteiger partial charge in [-0.3, -0.25) is 9.59 Å². The SMILES string of the molecule is CC1(C)C2=C(CC(OCCCCCC(=O)O)C=C2)C(=O)c2c1[nH]c1cc(C#N)ccc21. The quantitative estimate of drug-likeness (QED) is 0.629. The van der Waals surface area contributed by atoms with Gasteiger partial charge in [-0.25, -0.2) is 0 Å². The normalized spacial score (nSPS) is 19.3. The molecule has 31 heavy (non-hydrogen) atoms. The summed E-state index contributed by atoms with van der Waals surface area (Å²) in [6.07, 6.45) is 6.86. The van der Waals surface area contributed by atoms with Crippen molar-refractivity contribution >= 4 is 22.7 Å². The smallest absolute Gasteiger partial charge is 0.303 e. The number of hydrogen-bond acceptors (Lipinski definition) is 4. The molecule has 0 fully saturated rings. The van der Waals surface area contributed by atoms with Crippen LogP contribution in [0.25, 0.3) is 10.9 Å². The molecule has 1 atom stereocenters. The molecule has 1 aromatic carbocycles. The van der Waals surface area contributed by atoms with E-state index in [0.717, 1.165) is 40.6 Å². The summed E-state index contributed by atoms with van der Waals surface area (Å²) in [5, 5.41) is 18.8. The molecule has 0 aliphatic heterocycles. The predicted molar refractivity (Wildman–Crippen MR) is 117 cm³/mol. The number of carboxylic acids is 1. The number of ether oxygens (including phenoxy) is 1. The van der Waals surface area contributed by atoms with Crippen LogP contribution in [0, 0.1) is 11.3 Å². The number of fused-ring (bicyclic) bond motifs is 3. The van der Waals surface area contributed by atoms with Crippen LogP contribution >= 0.6 is 0 Å². The lowest BCUT2D eigenvalue weighted by atomic mass is 9.68. The molecule has 2 aromatic rings. The number of carbonyl (C=O) groups is 2. The summed E-state index contributed by atoms with van der Waals surface area (Å²) in [4.78, 5) is 27.5. The minimum atomic E-state index is -0.769. The standard InChI is InChI=1S/C25H26N2O4/c1-25(2)19-10-8-16(31-11-5-3-4-6-21(28)29)13-18(19)23(30)22-17-9-7-15(14-26)12-20(17)27-24(22)25/h7-10,12,16,27H,3-6,11,13H2,1-2H3,(H,28,29). The third-order valence-electron chi connectivity index (χ3n) is 6.30. The largest absolute Gasteiger partial charge is 0.481 e. The average molecular weight is 418 g/mol. The highest BCUT2D eigenvalue weighted by atomic mass is 16.5. The van der Waals surface area contributed by atoms with Gasteiger partial charge in [-0.15, -0.1) is 0 Å². The first-order valence-corrected chi connectivity index (χ1v) is 10.7. The summed E-state index contributed by atoms with van der Waals surface area (Å²) in [6.45, 7) is 4.77. The number of rotatable bonds is 7. The van der Waals surface area contributed by atoms with Crippen molar-refractivity contribution in [1.82, 2.24) is 4.98 Å². The van der Waals surface area contributed by atoms with Gasteiger partial charge in [-0.2, -0.15) is 5.26 Å². The van der Waals surface area contributed by atoms with Gasteiger partial charge in [0.15, 0.2) is 5.78 Å². The summed E-state index contributed by atoms with van der Waals surface area (Å²) in [5.74, 6) is -0.741. The minimum absolute atomic E-state index is 0.0275. The first kappa shape index (κ1) is 21.1. The van der Waals surface area contributed by atoms with E-state index in [1.54, 1.807) is 12.1 Å². The van der Waals surface area contributed by atoms with E-state index in [1.807, 2.05) is 18.2 Å². The number of unbranched alkanes of at least 4 members (excludes halogenated alkanes) is 2. The number of Topliss-reactive ketones (excluding diaryl/α,β-unsaturated/α-hetero) is 1. The summed E-state index contributed by atoms with van der Waals surface area (Å²) >= 11 is 0. The van der Waals surface area contributed by atoms with Crippen molar-refractivity contribution in [2.45, 2.75) is 57.5 Å². The number of ketones is 1. The van der Waals surface area contributed by atoms with Crippen LogP contribution in [0.4, 0.5) is 0 Å². The third kappa shape index (κ3) is 3.82. The Morgan fingerprint density at radius 1 is 1.32 bits per heavy atom. The Kier molecular flexibility index (Phi) is 5.55. The van der Waals surface area contributed by atoms with E-state index in [4.69, 9.17) is 9.84 Å². The Labute approximate surface area is 181 Å². The lowest BCUT2D eigenvalue weighted by molar-refractivity contribution is -0.137. The zero-order chi connectivity index (χ0) is 22.2. The molecule has 2 N–H and O–H groups in total. The average Bonchev–Trinajstić information content (AvgIpc) is 3.14. The van der Waals surface area contributed by atoms with E-state index in [2.05, 4.69) is 24.9 Å². The van der Waals surface area contributed by atoms with Gasteiger partial charge in [-0.05, 0) is 30.5 Å². The first-order chi connectivity index (χ1) is 14.8. The Bertz CT molecular complexity index is 1160. The molecule has 0 amide bonds. The minimum Gasteiger partial charge on any atom is -0.481 e. The molecule has 4 rings (SSSR count). The second-order valence-corrected chi connectivity index (χ2v) is 8.77. The van der Waals surface area contributed by atoms with Crippen LogP contribution in [-0.2, 0) is 14.9 Å². The summed E-state index contributed by atoms with van der Waals surface area (Å²) in [7, 11) is 0. The Morgan fingerprint density at radius 2 is 2.13 bits per heavy atom. The van der Waals surface area contributed by atoms with Gasteiger partial charge in [-0.1, -0.05) is 38.5 Å². The van der Waals surface area contributed by atoms with Crippen molar-refractivity contribution in [3.05, 3.63) is 58.3 Å². The number of carboxylic acid groups (broad SMARTS) is 1. The molecular weight excluding hydrogens is 392 g/mol. The van der Waals surface area contributed by atoms with Crippen molar-refractivity contribution in [2.24, 2.45) is 0 Å². The summed E-state index contributed by atoms with van der Waals surface area (Å²) < 4.78 is 5.98. The molecule has 6 heteroatoms. The summed E-state index contributed by atoms with van der Waals surface area (Å²) in [6, 6.07) is 7.55. The number of nitrogens with one attached hydrogen (secondary N) is 1. The topological polar surface area (TPSA) is 103 Å². The van der Waals surface area contributed by atoms with Crippen LogP contribution < -0.4 is 0 Å². The molecule has 0 spiro atoms. The van der Waals surface area contributed by atoms with Crippen LogP contribution in [0.1, 0.15) is 67.6 Å². The number of allylic oxidation sites excluding steroid dienone is 2. The Morgan fingerprint density at radius 3 is 2.87 bits per heavy atom. The van der Waals surface area contributed by atoms with E-state index < -0.39 is 5.97 Å².